The first-order valence-electron chi connectivity index (χ1n) is 11.3. The standard InChI is InChI=1S/C26H26N4O3S/c1-17-6-8-19(9-7-17)27-24(31)18-10-13-29(14-11-18)26-28-22-12-15-34-23(22)25(32)30(26)20-4-3-5-21(16-20)33-2/h3-9,12,15-16,18H,10-11,13-14H2,1-2H3,(H,27,31). The quantitative estimate of drug-likeness (QED) is 0.457. The molecule has 1 amide bonds. The predicted octanol–water partition coefficient (Wildman–Crippen LogP) is 4.62. The minimum absolute atomic E-state index is 0.0370. The van der Waals surface area contributed by atoms with E-state index in [4.69, 9.17) is 9.72 Å². The molecule has 8 heteroatoms. The first-order valence-corrected chi connectivity index (χ1v) is 12.2. The zero-order valence-electron chi connectivity index (χ0n) is 19.2. The van der Waals surface area contributed by atoms with Crippen LogP contribution in [0.3, 0.4) is 0 Å². The van der Waals surface area contributed by atoms with Gasteiger partial charge in [-0.05, 0) is 55.5 Å². The number of piperidine rings is 1. The van der Waals surface area contributed by atoms with E-state index in [1.54, 1.807) is 11.7 Å². The molecule has 34 heavy (non-hydrogen) atoms. The molecule has 2 aromatic carbocycles. The van der Waals surface area contributed by atoms with Crippen molar-refractivity contribution in [1.29, 1.82) is 0 Å². The highest BCUT2D eigenvalue weighted by atomic mass is 32.1. The van der Waals surface area contributed by atoms with Crippen molar-refractivity contribution in [1.82, 2.24) is 9.55 Å². The van der Waals surface area contributed by atoms with Crippen molar-refractivity contribution in [3.8, 4) is 11.4 Å². The number of methoxy groups -OCH3 is 1. The van der Waals surface area contributed by atoms with Crippen LogP contribution in [0.2, 0.25) is 0 Å². The largest absolute Gasteiger partial charge is 0.497 e. The van der Waals surface area contributed by atoms with Crippen molar-refractivity contribution in [3.05, 3.63) is 75.9 Å². The second-order valence-corrected chi connectivity index (χ2v) is 9.42. The van der Waals surface area contributed by atoms with Crippen LogP contribution < -0.4 is 20.5 Å². The molecule has 0 spiro atoms. The summed E-state index contributed by atoms with van der Waals surface area (Å²) in [4.78, 5) is 33.3. The van der Waals surface area contributed by atoms with Crippen molar-refractivity contribution >= 4 is 39.1 Å². The highest BCUT2D eigenvalue weighted by Gasteiger charge is 2.28. The fourth-order valence-corrected chi connectivity index (χ4v) is 5.08. The van der Waals surface area contributed by atoms with Crippen molar-refractivity contribution in [2.24, 2.45) is 5.92 Å². The zero-order valence-corrected chi connectivity index (χ0v) is 20.0. The Balaban J connectivity index is 1.41. The summed E-state index contributed by atoms with van der Waals surface area (Å²) >= 11 is 1.40. The Labute approximate surface area is 201 Å². The van der Waals surface area contributed by atoms with E-state index in [2.05, 4.69) is 10.2 Å². The van der Waals surface area contributed by atoms with E-state index in [0.29, 0.717) is 53.5 Å². The Morgan fingerprint density at radius 1 is 1.12 bits per heavy atom. The number of amides is 1. The van der Waals surface area contributed by atoms with E-state index in [9.17, 15) is 9.59 Å². The van der Waals surface area contributed by atoms with Crippen LogP contribution in [0, 0.1) is 12.8 Å². The van der Waals surface area contributed by atoms with Gasteiger partial charge >= 0.3 is 0 Å². The zero-order chi connectivity index (χ0) is 23.7. The second-order valence-electron chi connectivity index (χ2n) is 8.51. The average molecular weight is 475 g/mol. The lowest BCUT2D eigenvalue weighted by Crippen LogP contribution is -2.41. The molecule has 2 aromatic heterocycles. The van der Waals surface area contributed by atoms with Crippen LogP contribution in [0.25, 0.3) is 15.9 Å². The van der Waals surface area contributed by atoms with E-state index >= 15 is 0 Å². The smallest absolute Gasteiger partial charge is 0.277 e. The molecule has 0 bridgehead atoms. The van der Waals surface area contributed by atoms with Crippen LogP contribution in [-0.4, -0.2) is 35.7 Å². The van der Waals surface area contributed by atoms with Gasteiger partial charge in [0.1, 0.15) is 10.4 Å². The van der Waals surface area contributed by atoms with Gasteiger partial charge in [0.25, 0.3) is 5.56 Å². The van der Waals surface area contributed by atoms with Crippen molar-refractivity contribution in [2.45, 2.75) is 19.8 Å². The minimum Gasteiger partial charge on any atom is -0.497 e. The monoisotopic (exact) mass is 474 g/mol. The molecule has 7 nitrogen and oxygen atoms in total. The molecule has 0 radical (unpaired) electrons. The number of nitrogens with zero attached hydrogens (tertiary/aromatic N) is 3. The highest BCUT2D eigenvalue weighted by molar-refractivity contribution is 7.17. The van der Waals surface area contributed by atoms with Crippen molar-refractivity contribution in [3.63, 3.8) is 0 Å². The molecular formula is C26H26N4O3S. The van der Waals surface area contributed by atoms with E-state index in [0.717, 1.165) is 11.3 Å². The fourth-order valence-electron chi connectivity index (χ4n) is 4.32. The number of anilines is 2. The third-order valence-electron chi connectivity index (χ3n) is 6.24. The third kappa shape index (κ3) is 4.28. The maximum Gasteiger partial charge on any atom is 0.277 e. The molecule has 5 rings (SSSR count). The number of carbonyl (C=O) groups excluding carboxylic acids is 1. The first-order chi connectivity index (χ1) is 16.5. The molecule has 3 heterocycles. The number of ether oxygens (including phenoxy) is 1. The summed E-state index contributed by atoms with van der Waals surface area (Å²) in [5.41, 5.74) is 3.28. The normalized spacial score (nSPS) is 14.4. The van der Waals surface area contributed by atoms with Crippen LogP contribution >= 0.6 is 11.3 Å². The molecule has 0 unspecified atom stereocenters. The van der Waals surface area contributed by atoms with E-state index in [1.165, 1.54) is 11.3 Å². The highest BCUT2D eigenvalue weighted by Crippen LogP contribution is 2.28. The van der Waals surface area contributed by atoms with E-state index < -0.39 is 0 Å². The molecule has 1 aliphatic rings. The van der Waals surface area contributed by atoms with Crippen molar-refractivity contribution in [2.75, 3.05) is 30.4 Å². The summed E-state index contributed by atoms with van der Waals surface area (Å²) in [7, 11) is 1.61. The second kappa shape index (κ2) is 9.30. The summed E-state index contributed by atoms with van der Waals surface area (Å²) in [5.74, 6) is 1.23. The summed E-state index contributed by atoms with van der Waals surface area (Å²) in [6.45, 7) is 3.30. The summed E-state index contributed by atoms with van der Waals surface area (Å²) < 4.78 is 7.66. The van der Waals surface area contributed by atoms with Crippen molar-refractivity contribution < 1.29 is 9.53 Å². The van der Waals surface area contributed by atoms with Gasteiger partial charge in [0, 0.05) is 30.8 Å². The number of aromatic nitrogens is 2. The molecule has 4 aromatic rings. The number of nitrogens with one attached hydrogen (secondary N) is 1. The Kier molecular flexibility index (Phi) is 6.06. The van der Waals surface area contributed by atoms with Crippen LogP contribution in [-0.2, 0) is 4.79 Å². The van der Waals surface area contributed by atoms with Gasteiger partial charge in [-0.15, -0.1) is 11.3 Å². The lowest BCUT2D eigenvalue weighted by molar-refractivity contribution is -0.120. The summed E-state index contributed by atoms with van der Waals surface area (Å²) in [5, 5.41) is 4.92. The van der Waals surface area contributed by atoms with Gasteiger partial charge in [-0.2, -0.15) is 0 Å². The molecule has 174 valence electrons. The number of benzene rings is 2. The van der Waals surface area contributed by atoms with Gasteiger partial charge in [0.15, 0.2) is 0 Å². The van der Waals surface area contributed by atoms with E-state index in [-0.39, 0.29) is 17.4 Å². The molecule has 0 atom stereocenters. The number of hydrogen-bond acceptors (Lipinski definition) is 6. The predicted molar refractivity (Wildman–Crippen MR) is 137 cm³/mol. The molecule has 0 aliphatic carbocycles. The van der Waals surface area contributed by atoms with E-state index in [1.807, 2.05) is 66.9 Å². The molecule has 1 aliphatic heterocycles. The van der Waals surface area contributed by atoms with Crippen LogP contribution in [0.1, 0.15) is 18.4 Å². The average Bonchev–Trinajstić information content (AvgIpc) is 3.35. The van der Waals surface area contributed by atoms with Crippen LogP contribution in [0.4, 0.5) is 11.6 Å². The van der Waals surface area contributed by atoms with Gasteiger partial charge in [-0.3, -0.25) is 9.59 Å². The molecule has 1 fully saturated rings. The third-order valence-corrected chi connectivity index (χ3v) is 7.13. The molecule has 1 N–H and O–H groups in total. The molecule has 1 saturated heterocycles. The summed E-state index contributed by atoms with van der Waals surface area (Å²) in [6.07, 6.45) is 1.38. The van der Waals surface area contributed by atoms with Gasteiger partial charge in [0.05, 0.1) is 18.3 Å². The number of fused-ring (bicyclic) bond motifs is 1. The molecular weight excluding hydrogens is 448 g/mol. The van der Waals surface area contributed by atoms with Gasteiger partial charge in [-0.1, -0.05) is 23.8 Å². The lowest BCUT2D eigenvalue weighted by Gasteiger charge is -2.33. The number of carbonyl (C=O) groups is 1. The Morgan fingerprint density at radius 2 is 1.88 bits per heavy atom. The SMILES string of the molecule is COc1cccc(-n2c(N3CCC(C(=O)Nc4ccc(C)cc4)CC3)nc3ccsc3c2=O)c1. The minimum atomic E-state index is -0.0949. The van der Waals surface area contributed by atoms with Gasteiger partial charge in [-0.25, -0.2) is 9.55 Å². The molecule has 0 saturated carbocycles. The number of rotatable bonds is 5. The van der Waals surface area contributed by atoms with Crippen LogP contribution in [0.5, 0.6) is 5.75 Å². The first kappa shape index (κ1) is 22.2. The number of hydrogen-bond donors (Lipinski definition) is 1. The maximum atomic E-state index is 13.5. The van der Waals surface area contributed by atoms with Crippen LogP contribution in [0.15, 0.2) is 64.8 Å². The van der Waals surface area contributed by atoms with Gasteiger partial charge in [0.2, 0.25) is 11.9 Å². The Morgan fingerprint density at radius 3 is 2.62 bits per heavy atom. The topological polar surface area (TPSA) is 76.5 Å². The number of aryl methyl sites for hydroxylation is 1. The number of thiophene rings is 1. The Bertz CT molecular complexity index is 1390. The lowest BCUT2D eigenvalue weighted by atomic mass is 9.96. The Hall–Kier alpha value is -3.65. The van der Waals surface area contributed by atoms with Gasteiger partial charge < -0.3 is 15.0 Å². The fraction of sp³-hybridized carbons (Fsp3) is 0.269. The summed E-state index contributed by atoms with van der Waals surface area (Å²) in [6, 6.07) is 17.1. The maximum absolute atomic E-state index is 13.5.